The molecule has 0 bridgehead atoms. The van der Waals surface area contributed by atoms with E-state index in [1.807, 2.05) is 35.7 Å². The average Bonchev–Trinajstić information content (AvgIpc) is 3.12. The summed E-state index contributed by atoms with van der Waals surface area (Å²) < 4.78 is 6.35. The first-order chi connectivity index (χ1) is 13.1. The van der Waals surface area contributed by atoms with Crippen molar-refractivity contribution in [1.82, 2.24) is 4.98 Å². The molecule has 6 nitrogen and oxygen atoms in total. The first kappa shape index (κ1) is 17.7. The smallest absolute Gasteiger partial charge is 0.265 e. The molecule has 0 fully saturated rings. The van der Waals surface area contributed by atoms with Gasteiger partial charge in [0.2, 0.25) is 5.91 Å². The Labute approximate surface area is 167 Å². The molecule has 27 heavy (non-hydrogen) atoms. The topological polar surface area (TPSA) is 71.5 Å². The largest absolute Gasteiger partial charge is 0.482 e. The van der Waals surface area contributed by atoms with Crippen LogP contribution in [0, 0.1) is 0 Å². The van der Waals surface area contributed by atoms with Crippen LogP contribution in [-0.2, 0) is 9.59 Å². The van der Waals surface area contributed by atoms with Gasteiger partial charge in [-0.3, -0.25) is 14.5 Å². The summed E-state index contributed by atoms with van der Waals surface area (Å²) in [6.07, 6.45) is 0. The molecule has 0 unspecified atom stereocenters. The monoisotopic (exact) mass is 443 g/mol. The Kier molecular flexibility index (Phi) is 4.91. The number of nitrogens with one attached hydrogen (secondary N) is 1. The SMILES string of the molecule is O=C(CN1C(=O)COc2ccccc21)Nc1nc(-c2cccc(Br)c2)cs1. The van der Waals surface area contributed by atoms with E-state index >= 15 is 0 Å². The number of rotatable bonds is 4. The van der Waals surface area contributed by atoms with Crippen LogP contribution in [-0.4, -0.2) is 29.9 Å². The number of carbonyl (C=O) groups is 2. The number of para-hydroxylation sites is 2. The summed E-state index contributed by atoms with van der Waals surface area (Å²) in [6.45, 7) is -0.167. The molecule has 2 amide bonds. The van der Waals surface area contributed by atoms with E-state index in [0.717, 1.165) is 15.7 Å². The minimum Gasteiger partial charge on any atom is -0.482 e. The fourth-order valence-corrected chi connectivity index (χ4v) is 3.88. The molecule has 4 rings (SSSR count). The molecule has 3 aromatic rings. The number of fused-ring (bicyclic) bond motifs is 1. The van der Waals surface area contributed by atoms with Gasteiger partial charge in [0.15, 0.2) is 11.7 Å². The first-order valence-electron chi connectivity index (χ1n) is 8.14. The first-order valence-corrected chi connectivity index (χ1v) is 9.81. The highest BCUT2D eigenvalue weighted by atomic mass is 79.9. The van der Waals surface area contributed by atoms with E-state index < -0.39 is 0 Å². The molecule has 136 valence electrons. The van der Waals surface area contributed by atoms with Gasteiger partial charge < -0.3 is 10.1 Å². The molecule has 1 N–H and O–H groups in total. The van der Waals surface area contributed by atoms with Crippen LogP contribution in [0.15, 0.2) is 58.4 Å². The highest BCUT2D eigenvalue weighted by Gasteiger charge is 2.27. The number of thiazole rings is 1. The lowest BCUT2D eigenvalue weighted by atomic mass is 10.2. The number of amides is 2. The number of hydrogen-bond donors (Lipinski definition) is 1. The lowest BCUT2D eigenvalue weighted by molar-refractivity contribution is -0.123. The van der Waals surface area contributed by atoms with Crippen LogP contribution < -0.4 is 15.0 Å². The summed E-state index contributed by atoms with van der Waals surface area (Å²) in [7, 11) is 0. The highest BCUT2D eigenvalue weighted by molar-refractivity contribution is 9.10. The zero-order valence-electron chi connectivity index (χ0n) is 14.0. The number of halogens is 1. The summed E-state index contributed by atoms with van der Waals surface area (Å²) in [4.78, 5) is 30.5. The van der Waals surface area contributed by atoms with E-state index in [-0.39, 0.29) is 25.0 Å². The second-order valence-electron chi connectivity index (χ2n) is 5.83. The Hall–Kier alpha value is -2.71. The third kappa shape index (κ3) is 3.86. The normalized spacial score (nSPS) is 13.1. The number of ether oxygens (including phenoxy) is 1. The van der Waals surface area contributed by atoms with Crippen LogP contribution in [0.4, 0.5) is 10.8 Å². The Morgan fingerprint density at radius 2 is 2.11 bits per heavy atom. The van der Waals surface area contributed by atoms with Gasteiger partial charge in [-0.2, -0.15) is 0 Å². The average molecular weight is 444 g/mol. The summed E-state index contributed by atoms with van der Waals surface area (Å²) in [5.74, 6) is 0.0316. The van der Waals surface area contributed by atoms with Gasteiger partial charge in [-0.05, 0) is 24.3 Å². The van der Waals surface area contributed by atoms with E-state index in [9.17, 15) is 9.59 Å². The summed E-state index contributed by atoms with van der Waals surface area (Å²) in [5, 5.41) is 5.14. The molecule has 0 saturated carbocycles. The minimum absolute atomic E-state index is 0.0748. The number of hydrogen-bond acceptors (Lipinski definition) is 5. The van der Waals surface area contributed by atoms with Crippen LogP contribution in [0.3, 0.4) is 0 Å². The second kappa shape index (κ2) is 7.50. The van der Waals surface area contributed by atoms with Crippen molar-refractivity contribution in [3.05, 3.63) is 58.4 Å². The van der Waals surface area contributed by atoms with E-state index in [1.165, 1.54) is 16.2 Å². The fraction of sp³-hybridized carbons (Fsp3) is 0.105. The van der Waals surface area contributed by atoms with E-state index in [2.05, 4.69) is 26.2 Å². The molecule has 2 heterocycles. The maximum atomic E-state index is 12.4. The van der Waals surface area contributed by atoms with Crippen molar-refractivity contribution in [2.45, 2.75) is 0 Å². The van der Waals surface area contributed by atoms with Gasteiger partial charge >= 0.3 is 0 Å². The molecule has 1 aromatic heterocycles. The quantitative estimate of drug-likeness (QED) is 0.662. The Balaban J connectivity index is 1.47. The third-order valence-corrected chi connectivity index (χ3v) is 5.23. The van der Waals surface area contributed by atoms with Crippen molar-refractivity contribution in [2.75, 3.05) is 23.4 Å². The fourth-order valence-electron chi connectivity index (χ4n) is 2.74. The molecule has 8 heteroatoms. The van der Waals surface area contributed by atoms with E-state index in [4.69, 9.17) is 4.74 Å². The minimum atomic E-state index is -0.310. The number of benzene rings is 2. The van der Waals surface area contributed by atoms with Crippen LogP contribution in [0.2, 0.25) is 0 Å². The Bertz CT molecular complexity index is 1020. The summed E-state index contributed by atoms with van der Waals surface area (Å²) in [5.41, 5.74) is 2.33. The van der Waals surface area contributed by atoms with Gasteiger partial charge in [0.25, 0.3) is 5.91 Å². The van der Waals surface area contributed by atoms with Crippen molar-refractivity contribution < 1.29 is 14.3 Å². The molecule has 2 aromatic carbocycles. The van der Waals surface area contributed by atoms with E-state index in [0.29, 0.717) is 16.6 Å². The van der Waals surface area contributed by atoms with Gasteiger partial charge in [0.05, 0.1) is 11.4 Å². The van der Waals surface area contributed by atoms with Crippen molar-refractivity contribution in [1.29, 1.82) is 0 Å². The molecular formula is C19H14BrN3O3S. The zero-order valence-corrected chi connectivity index (χ0v) is 16.4. The van der Waals surface area contributed by atoms with Crippen LogP contribution >= 0.6 is 27.3 Å². The van der Waals surface area contributed by atoms with Gasteiger partial charge in [0, 0.05) is 15.4 Å². The number of aromatic nitrogens is 1. The second-order valence-corrected chi connectivity index (χ2v) is 7.61. The lowest BCUT2D eigenvalue weighted by Crippen LogP contribution is -2.43. The zero-order chi connectivity index (χ0) is 18.8. The van der Waals surface area contributed by atoms with Crippen molar-refractivity contribution >= 4 is 49.9 Å². The van der Waals surface area contributed by atoms with E-state index in [1.54, 1.807) is 18.2 Å². The maximum absolute atomic E-state index is 12.4. The maximum Gasteiger partial charge on any atom is 0.265 e. The standard InChI is InChI=1S/C19H14BrN3O3S/c20-13-5-3-4-12(8-13)14-11-27-19(21-14)22-17(24)9-23-15-6-1-2-7-16(15)26-10-18(23)25/h1-8,11H,9-10H2,(H,21,22,24). The van der Waals surface area contributed by atoms with Gasteiger partial charge in [-0.15, -0.1) is 11.3 Å². The Morgan fingerprint density at radius 3 is 2.96 bits per heavy atom. The number of nitrogens with zero attached hydrogens (tertiary/aromatic N) is 2. The summed E-state index contributed by atoms with van der Waals surface area (Å²) in [6, 6.07) is 14.9. The predicted molar refractivity (Wildman–Crippen MR) is 108 cm³/mol. The third-order valence-electron chi connectivity index (χ3n) is 3.98. The predicted octanol–water partition coefficient (Wildman–Crippen LogP) is 3.94. The summed E-state index contributed by atoms with van der Waals surface area (Å²) >= 11 is 4.78. The van der Waals surface area contributed by atoms with Gasteiger partial charge in [-0.25, -0.2) is 4.98 Å². The van der Waals surface area contributed by atoms with Crippen LogP contribution in [0.5, 0.6) is 5.75 Å². The van der Waals surface area contributed by atoms with Crippen molar-refractivity contribution in [3.8, 4) is 17.0 Å². The van der Waals surface area contributed by atoms with Gasteiger partial charge in [-0.1, -0.05) is 40.2 Å². The van der Waals surface area contributed by atoms with Gasteiger partial charge in [0.1, 0.15) is 12.3 Å². The molecule has 0 aliphatic carbocycles. The van der Waals surface area contributed by atoms with Crippen molar-refractivity contribution in [2.24, 2.45) is 0 Å². The van der Waals surface area contributed by atoms with Crippen molar-refractivity contribution in [3.63, 3.8) is 0 Å². The molecule has 0 radical (unpaired) electrons. The molecular weight excluding hydrogens is 430 g/mol. The Morgan fingerprint density at radius 1 is 1.26 bits per heavy atom. The molecule has 1 aliphatic heterocycles. The molecule has 0 saturated heterocycles. The molecule has 1 aliphatic rings. The lowest BCUT2D eigenvalue weighted by Gasteiger charge is -2.28. The number of carbonyl (C=O) groups excluding carboxylic acids is 2. The molecule has 0 spiro atoms. The number of anilines is 2. The van der Waals surface area contributed by atoms with Crippen LogP contribution in [0.25, 0.3) is 11.3 Å². The highest BCUT2D eigenvalue weighted by Crippen LogP contribution is 2.31. The van der Waals surface area contributed by atoms with Crippen LogP contribution in [0.1, 0.15) is 0 Å². The molecule has 0 atom stereocenters.